The molecule has 0 fully saturated rings. The van der Waals surface area contributed by atoms with Crippen molar-refractivity contribution in [3.8, 4) is 28.2 Å². The van der Waals surface area contributed by atoms with Crippen LogP contribution in [-0.2, 0) is 0 Å². The van der Waals surface area contributed by atoms with Gasteiger partial charge in [0.1, 0.15) is 22.9 Å². The Morgan fingerprint density at radius 2 is 1.53 bits per heavy atom. The number of nitrogens with one attached hydrogen (secondary N) is 2. The fourth-order valence-corrected chi connectivity index (χ4v) is 4.06. The number of amides is 2. The molecule has 6 nitrogen and oxygen atoms in total. The predicted molar refractivity (Wildman–Crippen MR) is 136 cm³/mol. The van der Waals surface area contributed by atoms with Crippen LogP contribution in [0.4, 0.5) is 10.1 Å². The van der Waals surface area contributed by atoms with E-state index in [9.17, 15) is 19.1 Å². The van der Waals surface area contributed by atoms with Gasteiger partial charge in [0.25, 0.3) is 11.8 Å². The predicted octanol–water partition coefficient (Wildman–Crippen LogP) is 6.22. The highest BCUT2D eigenvalue weighted by molar-refractivity contribution is 6.12. The molecule has 5 aromatic rings. The zero-order valence-electron chi connectivity index (χ0n) is 19.2. The summed E-state index contributed by atoms with van der Waals surface area (Å²) in [5, 5.41) is 15.7. The first-order valence-electron chi connectivity index (χ1n) is 11.2. The van der Waals surface area contributed by atoms with Crippen molar-refractivity contribution in [1.82, 2.24) is 5.32 Å². The van der Waals surface area contributed by atoms with Gasteiger partial charge >= 0.3 is 0 Å². The van der Waals surface area contributed by atoms with Crippen LogP contribution in [0.5, 0.6) is 5.75 Å². The Morgan fingerprint density at radius 3 is 2.28 bits per heavy atom. The second-order valence-electron chi connectivity index (χ2n) is 8.19. The summed E-state index contributed by atoms with van der Waals surface area (Å²) in [6.07, 6.45) is 0. The minimum absolute atomic E-state index is 0.0573. The number of rotatable bonds is 5. The number of hydrogen-bond acceptors (Lipinski definition) is 4. The number of halogens is 1. The monoisotopic (exact) mass is 480 g/mol. The van der Waals surface area contributed by atoms with Crippen LogP contribution in [0.3, 0.4) is 0 Å². The second kappa shape index (κ2) is 9.38. The molecule has 0 spiro atoms. The number of aromatic hydroxyl groups is 1. The average Bonchev–Trinajstić information content (AvgIpc) is 3.27. The van der Waals surface area contributed by atoms with E-state index in [0.717, 1.165) is 11.1 Å². The standard InChI is InChI=1S/C29H21FN2O4/c1-31-29(35)26-24-15-19(10-13-25(24)36-27(26)17-8-11-21(30)12-9-17)18-4-2-5-20(14-18)28(34)32-22-6-3-7-23(33)16-22/h2-16,33H,1H3,(H,31,35)(H,32,34). The highest BCUT2D eigenvalue weighted by Gasteiger charge is 2.22. The van der Waals surface area contributed by atoms with Gasteiger partial charge in [-0.2, -0.15) is 0 Å². The van der Waals surface area contributed by atoms with Gasteiger partial charge in [0.2, 0.25) is 0 Å². The van der Waals surface area contributed by atoms with Crippen LogP contribution in [0.15, 0.2) is 95.4 Å². The SMILES string of the molecule is CNC(=O)c1c(-c2ccc(F)cc2)oc2ccc(-c3cccc(C(=O)Nc4cccc(O)c4)c3)cc12. The number of fused-ring (bicyclic) bond motifs is 1. The van der Waals surface area contributed by atoms with Crippen LogP contribution in [-0.4, -0.2) is 24.0 Å². The Hall–Kier alpha value is -4.91. The first kappa shape index (κ1) is 22.9. The molecular weight excluding hydrogens is 459 g/mol. The van der Waals surface area contributed by atoms with Gasteiger partial charge in [-0.05, 0) is 71.8 Å². The number of carbonyl (C=O) groups excluding carboxylic acids is 2. The molecule has 3 N–H and O–H groups in total. The molecule has 2 amide bonds. The highest BCUT2D eigenvalue weighted by atomic mass is 19.1. The molecule has 0 aliphatic heterocycles. The van der Waals surface area contributed by atoms with Crippen molar-refractivity contribution >= 4 is 28.5 Å². The van der Waals surface area contributed by atoms with Gasteiger partial charge in [-0.25, -0.2) is 4.39 Å². The zero-order valence-corrected chi connectivity index (χ0v) is 19.2. The van der Waals surface area contributed by atoms with E-state index >= 15 is 0 Å². The van der Waals surface area contributed by atoms with Gasteiger partial charge in [0.15, 0.2) is 0 Å². The molecule has 1 heterocycles. The molecule has 0 aliphatic rings. The lowest BCUT2D eigenvalue weighted by molar-refractivity contribution is 0.0963. The van der Waals surface area contributed by atoms with E-state index in [4.69, 9.17) is 4.42 Å². The first-order valence-corrected chi connectivity index (χ1v) is 11.2. The molecule has 0 bridgehead atoms. The second-order valence-corrected chi connectivity index (χ2v) is 8.19. The number of anilines is 1. The van der Waals surface area contributed by atoms with E-state index < -0.39 is 0 Å². The van der Waals surface area contributed by atoms with Crippen LogP contribution in [0.1, 0.15) is 20.7 Å². The summed E-state index contributed by atoms with van der Waals surface area (Å²) in [5.74, 6) is -0.629. The highest BCUT2D eigenvalue weighted by Crippen LogP contribution is 2.36. The fourth-order valence-electron chi connectivity index (χ4n) is 4.06. The lowest BCUT2D eigenvalue weighted by atomic mass is 9.99. The molecule has 0 saturated carbocycles. The van der Waals surface area contributed by atoms with E-state index in [1.165, 1.54) is 31.3 Å². The van der Waals surface area contributed by atoms with Crippen LogP contribution in [0, 0.1) is 5.82 Å². The van der Waals surface area contributed by atoms with Crippen LogP contribution in [0.2, 0.25) is 0 Å². The third-order valence-corrected chi connectivity index (χ3v) is 5.81. The summed E-state index contributed by atoms with van der Waals surface area (Å²) in [4.78, 5) is 25.6. The number of hydrogen-bond donors (Lipinski definition) is 3. The maximum Gasteiger partial charge on any atom is 0.255 e. The lowest BCUT2D eigenvalue weighted by Crippen LogP contribution is -2.18. The summed E-state index contributed by atoms with van der Waals surface area (Å²) >= 11 is 0. The molecule has 0 saturated heterocycles. The molecule has 1 aromatic heterocycles. The van der Waals surface area contributed by atoms with E-state index in [0.29, 0.717) is 39.1 Å². The number of furan rings is 1. The normalized spacial score (nSPS) is 10.8. The molecule has 0 radical (unpaired) electrons. The summed E-state index contributed by atoms with van der Waals surface area (Å²) < 4.78 is 19.5. The van der Waals surface area contributed by atoms with Gasteiger partial charge in [-0.15, -0.1) is 0 Å². The van der Waals surface area contributed by atoms with Crippen molar-refractivity contribution in [2.24, 2.45) is 0 Å². The van der Waals surface area contributed by atoms with E-state index in [1.54, 1.807) is 48.5 Å². The number of carbonyl (C=O) groups is 2. The van der Waals surface area contributed by atoms with Gasteiger partial charge in [0.05, 0.1) is 5.56 Å². The maximum absolute atomic E-state index is 13.5. The lowest BCUT2D eigenvalue weighted by Gasteiger charge is -2.08. The largest absolute Gasteiger partial charge is 0.508 e. The summed E-state index contributed by atoms with van der Waals surface area (Å²) in [7, 11) is 1.54. The fraction of sp³-hybridized carbons (Fsp3) is 0.0345. The third-order valence-electron chi connectivity index (χ3n) is 5.81. The smallest absolute Gasteiger partial charge is 0.255 e. The Kier molecular flexibility index (Phi) is 5.96. The average molecular weight is 480 g/mol. The van der Waals surface area contributed by atoms with E-state index in [-0.39, 0.29) is 23.4 Å². The number of phenolic OH excluding ortho intramolecular Hbond substituents is 1. The van der Waals surface area contributed by atoms with Gasteiger partial charge in [0, 0.05) is 35.3 Å². The minimum atomic E-state index is -0.383. The van der Waals surface area contributed by atoms with Crippen molar-refractivity contribution in [3.63, 3.8) is 0 Å². The van der Waals surface area contributed by atoms with E-state index in [2.05, 4.69) is 10.6 Å². The Bertz CT molecular complexity index is 1610. The van der Waals surface area contributed by atoms with Gasteiger partial charge in [-0.3, -0.25) is 9.59 Å². The van der Waals surface area contributed by atoms with E-state index in [1.807, 2.05) is 18.2 Å². The van der Waals surface area contributed by atoms with Crippen LogP contribution < -0.4 is 10.6 Å². The van der Waals surface area contributed by atoms with Crippen molar-refractivity contribution < 1.29 is 23.5 Å². The van der Waals surface area contributed by atoms with Crippen LogP contribution in [0.25, 0.3) is 33.4 Å². The van der Waals surface area contributed by atoms with Gasteiger partial charge < -0.3 is 20.2 Å². The quantitative estimate of drug-likeness (QED) is 0.278. The molecule has 178 valence electrons. The van der Waals surface area contributed by atoms with Crippen molar-refractivity contribution in [1.29, 1.82) is 0 Å². The summed E-state index contributed by atoms with van der Waals surface area (Å²) in [6.45, 7) is 0. The molecule has 4 aromatic carbocycles. The topological polar surface area (TPSA) is 91.6 Å². The maximum atomic E-state index is 13.5. The Morgan fingerprint density at radius 1 is 0.806 bits per heavy atom. The van der Waals surface area contributed by atoms with Gasteiger partial charge in [-0.1, -0.05) is 24.3 Å². The number of benzene rings is 4. The molecule has 36 heavy (non-hydrogen) atoms. The van der Waals surface area contributed by atoms with Crippen LogP contribution >= 0.6 is 0 Å². The first-order chi connectivity index (χ1) is 17.4. The summed E-state index contributed by atoms with van der Waals surface area (Å²) in [5.41, 5.74) is 3.90. The third kappa shape index (κ3) is 4.42. The molecule has 0 unspecified atom stereocenters. The molecule has 0 aliphatic carbocycles. The Labute approximate surface area is 206 Å². The van der Waals surface area contributed by atoms with Crippen molar-refractivity contribution in [2.75, 3.05) is 12.4 Å². The Balaban J connectivity index is 1.54. The minimum Gasteiger partial charge on any atom is -0.508 e. The number of phenols is 1. The summed E-state index contributed by atoms with van der Waals surface area (Å²) in [6, 6.07) is 24.6. The van der Waals surface area contributed by atoms with Crippen molar-refractivity contribution in [3.05, 3.63) is 108 Å². The molecular formula is C29H21FN2O4. The van der Waals surface area contributed by atoms with Crippen molar-refractivity contribution in [2.45, 2.75) is 0 Å². The molecule has 5 rings (SSSR count). The molecule has 7 heteroatoms. The molecule has 0 atom stereocenters. The zero-order chi connectivity index (χ0) is 25.2.